The number of H-pyrrole nitrogens is 1. The van der Waals surface area contributed by atoms with Crippen LogP contribution in [0.5, 0.6) is 5.75 Å². The maximum absolute atomic E-state index is 13.7. The highest BCUT2D eigenvalue weighted by molar-refractivity contribution is 8.18. The minimum absolute atomic E-state index is 0.0322. The number of aliphatic imine (C=N–C) groups is 1. The summed E-state index contributed by atoms with van der Waals surface area (Å²) in [4.78, 5) is 26.7. The molecule has 2 aliphatic heterocycles. The van der Waals surface area contributed by atoms with Gasteiger partial charge in [0.05, 0.1) is 17.7 Å². The first-order valence-corrected chi connectivity index (χ1v) is 13.8. The molecule has 0 bridgehead atoms. The van der Waals surface area contributed by atoms with Crippen LogP contribution < -0.4 is 9.64 Å². The summed E-state index contributed by atoms with van der Waals surface area (Å²) in [6, 6.07) is 24.3. The number of nitrogens with one attached hydrogen (secondary N) is 1. The van der Waals surface area contributed by atoms with Gasteiger partial charge in [0, 0.05) is 54.1 Å². The molecule has 2 fully saturated rings. The van der Waals surface area contributed by atoms with Crippen LogP contribution in [0.4, 0.5) is 11.4 Å². The number of fused-ring (bicyclic) bond motifs is 1. The van der Waals surface area contributed by atoms with E-state index in [-0.39, 0.29) is 5.91 Å². The molecular weight excluding hydrogens is 492 g/mol. The van der Waals surface area contributed by atoms with Crippen LogP contribution in [-0.2, 0) is 11.2 Å². The van der Waals surface area contributed by atoms with Crippen molar-refractivity contribution in [3.05, 3.63) is 95.0 Å². The number of nitrogens with zero attached hydrogens (tertiary/aromatic N) is 3. The molecule has 6 nitrogen and oxygen atoms in total. The lowest BCUT2D eigenvalue weighted by Gasteiger charge is -2.19. The fourth-order valence-corrected chi connectivity index (χ4v) is 6.12. The monoisotopic (exact) mass is 522 g/mol. The molecule has 0 radical (unpaired) electrons. The molecule has 38 heavy (non-hydrogen) atoms. The second kappa shape index (κ2) is 10.8. The van der Waals surface area contributed by atoms with Gasteiger partial charge in [-0.05, 0) is 73.0 Å². The number of ether oxygens (including phenoxy) is 1. The molecule has 1 amide bonds. The Labute approximate surface area is 227 Å². The van der Waals surface area contributed by atoms with Crippen LogP contribution in [0.25, 0.3) is 17.0 Å². The average molecular weight is 523 g/mol. The van der Waals surface area contributed by atoms with Gasteiger partial charge in [0.1, 0.15) is 5.75 Å². The third-order valence-corrected chi connectivity index (χ3v) is 8.13. The van der Waals surface area contributed by atoms with Gasteiger partial charge in [-0.1, -0.05) is 36.4 Å². The summed E-state index contributed by atoms with van der Waals surface area (Å²) in [6.07, 6.45) is 7.14. The molecule has 192 valence electrons. The highest BCUT2D eigenvalue weighted by atomic mass is 32.2. The number of hydrogen-bond acceptors (Lipinski definition) is 5. The molecule has 2 aliphatic rings. The van der Waals surface area contributed by atoms with Crippen LogP contribution in [0.2, 0.25) is 0 Å². The zero-order valence-corrected chi connectivity index (χ0v) is 22.2. The highest BCUT2D eigenvalue weighted by Gasteiger charge is 2.33. The van der Waals surface area contributed by atoms with Crippen molar-refractivity contribution in [1.82, 2.24) is 9.88 Å². The summed E-state index contributed by atoms with van der Waals surface area (Å²) >= 11 is 1.42. The van der Waals surface area contributed by atoms with Crippen molar-refractivity contribution >= 4 is 51.2 Å². The van der Waals surface area contributed by atoms with Crippen molar-refractivity contribution in [1.29, 1.82) is 0 Å². The molecule has 2 saturated heterocycles. The lowest BCUT2D eigenvalue weighted by molar-refractivity contribution is -0.122. The Bertz CT molecular complexity index is 1520. The molecule has 3 aromatic carbocycles. The van der Waals surface area contributed by atoms with Crippen molar-refractivity contribution in [3.63, 3.8) is 0 Å². The first-order valence-electron chi connectivity index (χ1n) is 13.0. The van der Waals surface area contributed by atoms with Crippen LogP contribution in [-0.4, -0.2) is 47.7 Å². The molecule has 0 atom stereocenters. The van der Waals surface area contributed by atoms with E-state index < -0.39 is 0 Å². The lowest BCUT2D eigenvalue weighted by Crippen LogP contribution is -2.31. The number of anilines is 1. The zero-order valence-electron chi connectivity index (χ0n) is 21.4. The summed E-state index contributed by atoms with van der Waals surface area (Å²) < 4.78 is 5.74. The molecular formula is C31H30N4O2S. The number of benzene rings is 3. The largest absolute Gasteiger partial charge is 0.496 e. The van der Waals surface area contributed by atoms with Crippen molar-refractivity contribution in [2.24, 2.45) is 4.99 Å². The summed E-state index contributed by atoms with van der Waals surface area (Å²) in [7, 11) is 1.69. The van der Waals surface area contributed by atoms with Gasteiger partial charge < -0.3 is 14.6 Å². The molecule has 4 aromatic rings. The molecule has 6 rings (SSSR count). The van der Waals surface area contributed by atoms with E-state index in [1.807, 2.05) is 54.7 Å². The SMILES string of the molecule is COc1cc(N2CCCC2)ccc1C=C1SC(=Nc2ccccc2)N(CCc2c[nH]c3ccccc23)C1=O. The Hall–Kier alpha value is -3.97. The highest BCUT2D eigenvalue weighted by Crippen LogP contribution is 2.37. The Kier molecular flexibility index (Phi) is 6.92. The summed E-state index contributed by atoms with van der Waals surface area (Å²) in [6.45, 7) is 2.69. The third-order valence-electron chi connectivity index (χ3n) is 7.12. The van der Waals surface area contributed by atoms with Gasteiger partial charge in [0.15, 0.2) is 5.17 Å². The second-order valence-electron chi connectivity index (χ2n) is 9.53. The predicted molar refractivity (Wildman–Crippen MR) is 157 cm³/mol. The number of methoxy groups -OCH3 is 1. The number of aromatic amines is 1. The number of carbonyl (C=O) groups is 1. The second-order valence-corrected chi connectivity index (χ2v) is 10.5. The Morgan fingerprint density at radius 2 is 1.82 bits per heavy atom. The van der Waals surface area contributed by atoms with E-state index >= 15 is 0 Å². The smallest absolute Gasteiger partial charge is 0.266 e. The predicted octanol–water partition coefficient (Wildman–Crippen LogP) is 6.62. The molecule has 1 aromatic heterocycles. The number of rotatable bonds is 7. The van der Waals surface area contributed by atoms with Crippen molar-refractivity contribution in [2.75, 3.05) is 31.6 Å². The quantitative estimate of drug-likeness (QED) is 0.277. The van der Waals surface area contributed by atoms with Gasteiger partial charge in [-0.3, -0.25) is 9.69 Å². The number of carbonyl (C=O) groups excluding carboxylic acids is 1. The van der Waals surface area contributed by atoms with Crippen LogP contribution in [0, 0.1) is 0 Å². The van der Waals surface area contributed by atoms with Crippen molar-refractivity contribution in [2.45, 2.75) is 19.3 Å². The summed E-state index contributed by atoms with van der Waals surface area (Å²) in [5.74, 6) is 0.740. The molecule has 0 spiro atoms. The third kappa shape index (κ3) is 4.94. The van der Waals surface area contributed by atoms with Crippen molar-refractivity contribution < 1.29 is 9.53 Å². The number of amidine groups is 1. The number of aromatic nitrogens is 1. The maximum Gasteiger partial charge on any atom is 0.266 e. The fraction of sp³-hybridized carbons (Fsp3) is 0.226. The van der Waals surface area contributed by atoms with Gasteiger partial charge in [0.2, 0.25) is 0 Å². The van der Waals surface area contributed by atoms with Crippen molar-refractivity contribution in [3.8, 4) is 5.75 Å². The Morgan fingerprint density at radius 3 is 2.63 bits per heavy atom. The van der Waals surface area contributed by atoms with E-state index in [1.165, 1.54) is 41.2 Å². The van der Waals surface area contributed by atoms with E-state index in [9.17, 15) is 4.79 Å². The first kappa shape index (κ1) is 24.4. The van der Waals surface area contributed by atoms with E-state index in [4.69, 9.17) is 9.73 Å². The van der Waals surface area contributed by atoms with E-state index in [2.05, 4.69) is 40.2 Å². The summed E-state index contributed by atoms with van der Waals surface area (Å²) in [5.41, 5.74) is 5.18. The summed E-state index contributed by atoms with van der Waals surface area (Å²) in [5, 5.41) is 1.88. The first-order chi connectivity index (χ1) is 18.7. The number of hydrogen-bond donors (Lipinski definition) is 1. The lowest BCUT2D eigenvalue weighted by atomic mass is 10.1. The molecule has 3 heterocycles. The van der Waals surface area contributed by atoms with E-state index in [0.717, 1.165) is 42.0 Å². The minimum Gasteiger partial charge on any atom is -0.496 e. The normalized spacial score (nSPS) is 17.9. The Morgan fingerprint density at radius 1 is 1.03 bits per heavy atom. The topological polar surface area (TPSA) is 60.9 Å². The molecule has 7 heteroatoms. The molecule has 0 aliphatic carbocycles. The number of para-hydroxylation sites is 2. The molecule has 0 unspecified atom stereocenters. The van der Waals surface area contributed by atoms with Crippen LogP contribution >= 0.6 is 11.8 Å². The van der Waals surface area contributed by atoms with Crippen LogP contribution in [0.15, 0.2) is 88.9 Å². The van der Waals surface area contributed by atoms with Crippen LogP contribution in [0.1, 0.15) is 24.0 Å². The van der Waals surface area contributed by atoms with Gasteiger partial charge in [-0.25, -0.2) is 4.99 Å². The zero-order chi connectivity index (χ0) is 25.9. The van der Waals surface area contributed by atoms with Gasteiger partial charge in [0.25, 0.3) is 5.91 Å². The standard InChI is InChI=1S/C31H30N4O2S/c1-37-28-20-25(34-16-7-8-17-34)14-13-22(28)19-29-30(36)35(31(38-29)33-24-9-3-2-4-10-24)18-15-23-21-32-27-12-6-5-11-26(23)27/h2-6,9-14,19-21,32H,7-8,15-18H2,1H3. The minimum atomic E-state index is -0.0322. The number of amides is 1. The molecule has 1 N–H and O–H groups in total. The number of thioether (sulfide) groups is 1. The Balaban J connectivity index is 1.30. The van der Waals surface area contributed by atoms with Gasteiger partial charge in [-0.15, -0.1) is 0 Å². The van der Waals surface area contributed by atoms with E-state index in [0.29, 0.717) is 16.6 Å². The van der Waals surface area contributed by atoms with Crippen LogP contribution in [0.3, 0.4) is 0 Å². The van der Waals surface area contributed by atoms with Gasteiger partial charge >= 0.3 is 0 Å². The molecule has 0 saturated carbocycles. The maximum atomic E-state index is 13.7. The van der Waals surface area contributed by atoms with Gasteiger partial charge in [-0.2, -0.15) is 0 Å². The average Bonchev–Trinajstić information content (AvgIpc) is 3.69. The van der Waals surface area contributed by atoms with E-state index in [1.54, 1.807) is 12.0 Å². The fourth-order valence-electron chi connectivity index (χ4n) is 5.10.